The molecule has 1 aromatic heterocycles. The van der Waals surface area contributed by atoms with Gasteiger partial charge < -0.3 is 5.32 Å². The highest BCUT2D eigenvalue weighted by molar-refractivity contribution is 6.33. The SMILES string of the molecule is CCC(NC(=O)c1c(Cl)cnn1CC)C12CC3CC(CC(C3)C1)C2. The van der Waals surface area contributed by atoms with E-state index >= 15 is 0 Å². The van der Waals surface area contributed by atoms with Crippen LogP contribution in [0.1, 0.15) is 69.3 Å². The van der Waals surface area contributed by atoms with Crippen LogP contribution >= 0.6 is 11.6 Å². The second kappa shape index (κ2) is 6.05. The highest BCUT2D eigenvalue weighted by Crippen LogP contribution is 2.61. The Kier molecular flexibility index (Phi) is 4.14. The minimum atomic E-state index is -0.0538. The number of hydrogen-bond acceptors (Lipinski definition) is 2. The summed E-state index contributed by atoms with van der Waals surface area (Å²) >= 11 is 6.22. The fourth-order valence-electron chi connectivity index (χ4n) is 6.35. The maximum absolute atomic E-state index is 12.9. The number of halogens is 1. The average molecular weight is 350 g/mol. The van der Waals surface area contributed by atoms with Gasteiger partial charge in [-0.05, 0) is 75.0 Å². The Morgan fingerprint density at radius 1 is 1.29 bits per heavy atom. The largest absolute Gasteiger partial charge is 0.347 e. The van der Waals surface area contributed by atoms with E-state index in [1.54, 1.807) is 10.9 Å². The molecule has 1 amide bonds. The van der Waals surface area contributed by atoms with Gasteiger partial charge in [0, 0.05) is 12.6 Å². The van der Waals surface area contributed by atoms with Crippen molar-refractivity contribution in [2.24, 2.45) is 23.2 Å². The van der Waals surface area contributed by atoms with Crippen molar-refractivity contribution in [1.29, 1.82) is 0 Å². The van der Waals surface area contributed by atoms with Crippen molar-refractivity contribution in [3.8, 4) is 0 Å². The number of rotatable bonds is 5. The second-order valence-corrected chi connectivity index (χ2v) is 8.78. The molecule has 4 aliphatic carbocycles. The van der Waals surface area contributed by atoms with E-state index in [0.29, 0.717) is 22.7 Å². The van der Waals surface area contributed by atoms with E-state index in [9.17, 15) is 4.79 Å². The standard InChI is InChI=1S/C19H28ClN3O/c1-3-16(22-18(24)17-15(20)11-21-23(17)4-2)19-8-12-5-13(9-19)7-14(6-12)10-19/h11-14,16H,3-10H2,1-2H3,(H,22,24). The van der Waals surface area contributed by atoms with Gasteiger partial charge in [0.05, 0.1) is 11.2 Å². The quantitative estimate of drug-likeness (QED) is 0.862. The van der Waals surface area contributed by atoms with Gasteiger partial charge in [0.25, 0.3) is 5.91 Å². The Labute approximate surface area is 149 Å². The molecule has 4 fully saturated rings. The van der Waals surface area contributed by atoms with Crippen LogP contribution in [0.2, 0.25) is 5.02 Å². The number of aryl methyl sites for hydroxylation is 1. The summed E-state index contributed by atoms with van der Waals surface area (Å²) in [5.41, 5.74) is 0.838. The molecule has 24 heavy (non-hydrogen) atoms. The molecule has 132 valence electrons. The number of hydrogen-bond donors (Lipinski definition) is 1. The van der Waals surface area contributed by atoms with E-state index in [-0.39, 0.29) is 11.9 Å². The van der Waals surface area contributed by atoms with Gasteiger partial charge in [-0.3, -0.25) is 9.48 Å². The van der Waals surface area contributed by atoms with Crippen LogP contribution in [0.25, 0.3) is 0 Å². The summed E-state index contributed by atoms with van der Waals surface area (Å²) in [5.74, 6) is 2.63. The van der Waals surface area contributed by atoms with Crippen LogP contribution in [0.15, 0.2) is 6.20 Å². The van der Waals surface area contributed by atoms with Crippen LogP contribution in [0.4, 0.5) is 0 Å². The molecule has 0 aromatic carbocycles. The Balaban J connectivity index is 1.56. The lowest BCUT2D eigenvalue weighted by atomic mass is 9.47. The molecule has 1 aromatic rings. The van der Waals surface area contributed by atoms with Crippen LogP contribution in [0, 0.1) is 23.2 Å². The van der Waals surface area contributed by atoms with Crippen LogP contribution in [-0.2, 0) is 6.54 Å². The molecule has 4 nitrogen and oxygen atoms in total. The zero-order valence-corrected chi connectivity index (χ0v) is 15.5. The second-order valence-electron chi connectivity index (χ2n) is 8.37. The summed E-state index contributed by atoms with van der Waals surface area (Å²) in [7, 11) is 0. The predicted octanol–water partition coefficient (Wildman–Crippen LogP) is 4.28. The average Bonchev–Trinajstić information content (AvgIpc) is 2.91. The molecule has 4 saturated carbocycles. The lowest BCUT2D eigenvalue weighted by molar-refractivity contribution is -0.0727. The van der Waals surface area contributed by atoms with E-state index in [4.69, 9.17) is 11.6 Å². The molecule has 1 unspecified atom stereocenters. The van der Waals surface area contributed by atoms with Gasteiger partial charge in [0.1, 0.15) is 5.69 Å². The summed E-state index contributed by atoms with van der Waals surface area (Å²) < 4.78 is 1.70. The summed E-state index contributed by atoms with van der Waals surface area (Å²) in [5, 5.41) is 8.02. The Morgan fingerprint density at radius 2 is 1.88 bits per heavy atom. The van der Waals surface area contributed by atoms with E-state index in [1.165, 1.54) is 38.5 Å². The third-order valence-electron chi connectivity index (χ3n) is 6.85. The number of nitrogens with zero attached hydrogens (tertiary/aromatic N) is 2. The molecule has 0 saturated heterocycles. The topological polar surface area (TPSA) is 46.9 Å². The predicted molar refractivity (Wildman–Crippen MR) is 95.1 cm³/mol. The molecular formula is C19H28ClN3O. The maximum Gasteiger partial charge on any atom is 0.271 e. The zero-order valence-electron chi connectivity index (χ0n) is 14.7. The van der Waals surface area contributed by atoms with Crippen molar-refractivity contribution in [2.75, 3.05) is 0 Å². The van der Waals surface area contributed by atoms with Crippen molar-refractivity contribution < 1.29 is 4.79 Å². The van der Waals surface area contributed by atoms with Crippen LogP contribution in [0.3, 0.4) is 0 Å². The molecule has 0 spiro atoms. The van der Waals surface area contributed by atoms with E-state index in [1.807, 2.05) is 6.92 Å². The van der Waals surface area contributed by atoms with Crippen LogP contribution < -0.4 is 5.32 Å². The molecule has 4 bridgehead atoms. The molecule has 1 heterocycles. The monoisotopic (exact) mass is 349 g/mol. The lowest BCUT2D eigenvalue weighted by Gasteiger charge is -2.59. The first-order valence-corrected chi connectivity index (χ1v) is 9.94. The molecule has 1 N–H and O–H groups in total. The van der Waals surface area contributed by atoms with Gasteiger partial charge in [-0.15, -0.1) is 0 Å². The molecule has 0 radical (unpaired) electrons. The summed E-state index contributed by atoms with van der Waals surface area (Å²) in [6.45, 7) is 4.85. The van der Waals surface area contributed by atoms with Gasteiger partial charge in [0.2, 0.25) is 0 Å². The minimum Gasteiger partial charge on any atom is -0.347 e. The van der Waals surface area contributed by atoms with Gasteiger partial charge >= 0.3 is 0 Å². The van der Waals surface area contributed by atoms with Crippen LogP contribution in [-0.4, -0.2) is 21.7 Å². The molecule has 4 aliphatic rings. The third kappa shape index (κ3) is 2.58. The van der Waals surface area contributed by atoms with E-state index in [2.05, 4.69) is 17.3 Å². The fraction of sp³-hybridized carbons (Fsp3) is 0.789. The number of carbonyl (C=O) groups is 1. The Bertz CT molecular complexity index is 603. The Morgan fingerprint density at radius 3 is 2.38 bits per heavy atom. The van der Waals surface area contributed by atoms with Gasteiger partial charge in [-0.1, -0.05) is 18.5 Å². The fourth-order valence-corrected chi connectivity index (χ4v) is 6.57. The normalized spacial score (nSPS) is 35.2. The maximum atomic E-state index is 12.9. The van der Waals surface area contributed by atoms with Gasteiger partial charge in [-0.2, -0.15) is 5.10 Å². The van der Waals surface area contributed by atoms with Crippen LogP contribution in [0.5, 0.6) is 0 Å². The van der Waals surface area contributed by atoms with Gasteiger partial charge in [0.15, 0.2) is 0 Å². The number of amides is 1. The summed E-state index contributed by atoms with van der Waals surface area (Å²) in [4.78, 5) is 12.9. The van der Waals surface area contributed by atoms with Crippen molar-refractivity contribution in [3.63, 3.8) is 0 Å². The van der Waals surface area contributed by atoms with Crippen molar-refractivity contribution in [2.45, 2.75) is 71.4 Å². The van der Waals surface area contributed by atoms with Crippen molar-refractivity contribution in [1.82, 2.24) is 15.1 Å². The van der Waals surface area contributed by atoms with Gasteiger partial charge in [-0.25, -0.2) is 0 Å². The molecule has 5 heteroatoms. The Hall–Kier alpha value is -1.03. The summed E-state index contributed by atoms with van der Waals surface area (Å²) in [6, 6.07) is 0.259. The number of carbonyl (C=O) groups excluding carboxylic acids is 1. The van der Waals surface area contributed by atoms with E-state index in [0.717, 1.165) is 24.2 Å². The highest BCUT2D eigenvalue weighted by atomic mass is 35.5. The molecule has 5 rings (SSSR count). The molecule has 0 aliphatic heterocycles. The molecular weight excluding hydrogens is 322 g/mol. The summed E-state index contributed by atoms with van der Waals surface area (Å²) in [6.07, 6.45) is 10.8. The smallest absolute Gasteiger partial charge is 0.271 e. The first-order valence-electron chi connectivity index (χ1n) is 9.56. The van der Waals surface area contributed by atoms with E-state index < -0.39 is 0 Å². The number of aromatic nitrogens is 2. The molecule has 1 atom stereocenters. The highest BCUT2D eigenvalue weighted by Gasteiger charge is 2.54. The van der Waals surface area contributed by atoms with Crippen molar-refractivity contribution in [3.05, 3.63) is 16.9 Å². The van der Waals surface area contributed by atoms with Crippen molar-refractivity contribution >= 4 is 17.5 Å². The zero-order chi connectivity index (χ0) is 16.9. The number of nitrogens with one attached hydrogen (secondary N) is 1. The lowest BCUT2D eigenvalue weighted by Crippen LogP contribution is -2.56. The third-order valence-corrected chi connectivity index (χ3v) is 7.12. The minimum absolute atomic E-state index is 0.0538. The first-order chi connectivity index (χ1) is 11.5. The first kappa shape index (κ1) is 16.4.